The fourth-order valence-corrected chi connectivity index (χ4v) is 4.43. The van der Waals surface area contributed by atoms with Gasteiger partial charge in [-0.15, -0.1) is 12.4 Å². The first kappa shape index (κ1) is 33.4. The van der Waals surface area contributed by atoms with E-state index in [2.05, 4.69) is 6.92 Å². The Hall–Kier alpha value is -0.650. The second-order valence-corrected chi connectivity index (χ2v) is 10.4. The largest absolute Gasteiger partial charge is 0.361 e. The van der Waals surface area contributed by atoms with Gasteiger partial charge in [-0.1, -0.05) is 134 Å². The number of hydrogen-bond donors (Lipinski definition) is 2. The number of quaternary nitrogens is 1. The zero-order valence-corrected chi connectivity index (χ0v) is 23.2. The van der Waals surface area contributed by atoms with Gasteiger partial charge in [-0.3, -0.25) is 4.48 Å². The fraction of sp³-hybridized carbons (Fsp3) is 0.793. The monoisotopic (exact) mass is 500 g/mol. The molecular formula is C29H55ClNO3+. The summed E-state index contributed by atoms with van der Waals surface area (Å²) in [6.07, 6.45) is 19.3. The van der Waals surface area contributed by atoms with E-state index in [-0.39, 0.29) is 16.9 Å². The number of hydrogen-bond acceptors (Lipinski definition) is 3. The van der Waals surface area contributed by atoms with Gasteiger partial charge in [0.25, 0.3) is 0 Å². The normalized spacial score (nSPS) is 13.4. The average Bonchev–Trinajstić information content (AvgIpc) is 2.80. The number of rotatable bonds is 22. The molecule has 200 valence electrons. The molecular weight excluding hydrogens is 446 g/mol. The lowest BCUT2D eigenvalue weighted by Gasteiger charge is -2.36. The maximum absolute atomic E-state index is 10.5. The van der Waals surface area contributed by atoms with Gasteiger partial charge in [0.15, 0.2) is 0 Å². The lowest BCUT2D eigenvalue weighted by molar-refractivity contribution is -0.956. The predicted octanol–water partition coefficient (Wildman–Crippen LogP) is 7.60. The number of likely N-dealkylation sites (N-methyl/N-ethyl adjacent to an activating group) is 1. The van der Waals surface area contributed by atoms with Gasteiger partial charge >= 0.3 is 0 Å². The molecule has 1 aromatic carbocycles. The van der Waals surface area contributed by atoms with E-state index in [9.17, 15) is 10.2 Å². The standard InChI is InChI=1S/C29H54NO3.ClH/c1-4-5-6-7-8-9-10-11-12-13-14-15-16-17-18-22-25-33-29(32)28(31)30(2,3)26-27-23-20-19-21-24-27;/h19-21,23-24,28-29,31-32H,4-18,22,25-26H2,1-3H3;1H/q+1;. The van der Waals surface area contributed by atoms with E-state index in [0.717, 1.165) is 18.4 Å². The van der Waals surface area contributed by atoms with Gasteiger partial charge < -0.3 is 14.9 Å². The predicted molar refractivity (Wildman–Crippen MR) is 147 cm³/mol. The molecule has 0 amide bonds. The number of aliphatic hydroxyl groups is 2. The van der Waals surface area contributed by atoms with Crippen LogP contribution in [0.1, 0.15) is 115 Å². The number of halogens is 1. The van der Waals surface area contributed by atoms with E-state index >= 15 is 0 Å². The molecule has 1 rings (SSSR count). The Bertz CT molecular complexity index is 556. The topological polar surface area (TPSA) is 49.7 Å². The van der Waals surface area contributed by atoms with Crippen LogP contribution in [-0.2, 0) is 11.3 Å². The molecule has 0 aromatic heterocycles. The third-order valence-electron chi connectivity index (χ3n) is 6.69. The van der Waals surface area contributed by atoms with Gasteiger partial charge in [0.2, 0.25) is 12.5 Å². The quantitative estimate of drug-likeness (QED) is 0.0978. The van der Waals surface area contributed by atoms with Gasteiger partial charge in [0.1, 0.15) is 6.54 Å². The van der Waals surface area contributed by atoms with E-state index in [1.165, 1.54) is 89.9 Å². The maximum Gasteiger partial charge on any atom is 0.242 e. The van der Waals surface area contributed by atoms with Crippen LogP contribution >= 0.6 is 12.4 Å². The number of unbranched alkanes of at least 4 members (excludes halogenated alkanes) is 15. The molecule has 4 nitrogen and oxygen atoms in total. The van der Waals surface area contributed by atoms with E-state index in [1.807, 2.05) is 44.4 Å². The van der Waals surface area contributed by atoms with Gasteiger partial charge in [-0.25, -0.2) is 0 Å². The molecule has 0 aliphatic heterocycles. The number of ether oxygens (including phenoxy) is 1. The summed E-state index contributed by atoms with van der Waals surface area (Å²) >= 11 is 0. The molecule has 2 N–H and O–H groups in total. The van der Waals surface area contributed by atoms with Crippen LogP contribution in [-0.4, -0.2) is 47.9 Å². The van der Waals surface area contributed by atoms with Crippen molar-refractivity contribution in [3.05, 3.63) is 35.9 Å². The molecule has 0 bridgehead atoms. The molecule has 0 radical (unpaired) electrons. The second-order valence-electron chi connectivity index (χ2n) is 10.4. The molecule has 0 saturated carbocycles. The number of nitrogens with zero attached hydrogens (tertiary/aromatic N) is 1. The van der Waals surface area contributed by atoms with Crippen molar-refractivity contribution in [3.8, 4) is 0 Å². The first-order valence-corrected chi connectivity index (χ1v) is 13.8. The van der Waals surface area contributed by atoms with Crippen molar-refractivity contribution in [2.45, 2.75) is 129 Å². The Morgan fingerprint density at radius 3 is 1.53 bits per heavy atom. The van der Waals surface area contributed by atoms with Crippen LogP contribution in [0.25, 0.3) is 0 Å². The van der Waals surface area contributed by atoms with E-state index in [4.69, 9.17) is 4.74 Å². The first-order valence-electron chi connectivity index (χ1n) is 13.8. The van der Waals surface area contributed by atoms with Crippen LogP contribution in [0.5, 0.6) is 0 Å². The Balaban J connectivity index is 0.0000109. The summed E-state index contributed by atoms with van der Waals surface area (Å²) in [4.78, 5) is 0. The van der Waals surface area contributed by atoms with Crippen LogP contribution < -0.4 is 0 Å². The average molecular weight is 501 g/mol. The third-order valence-corrected chi connectivity index (χ3v) is 6.69. The van der Waals surface area contributed by atoms with Crippen molar-refractivity contribution in [2.75, 3.05) is 20.7 Å². The SMILES string of the molecule is CCCCCCCCCCCCCCCCCCOC(O)C(O)[N+](C)(C)Cc1ccccc1.Cl. The van der Waals surface area contributed by atoms with E-state index < -0.39 is 12.5 Å². The summed E-state index contributed by atoms with van der Waals surface area (Å²) in [5, 5.41) is 20.8. The summed E-state index contributed by atoms with van der Waals surface area (Å²) in [5.74, 6) is 0. The van der Waals surface area contributed by atoms with Crippen molar-refractivity contribution in [3.63, 3.8) is 0 Å². The zero-order valence-electron chi connectivity index (χ0n) is 22.4. The van der Waals surface area contributed by atoms with Crippen LogP contribution in [0.4, 0.5) is 0 Å². The van der Waals surface area contributed by atoms with Gasteiger partial charge in [0, 0.05) is 5.56 Å². The minimum Gasteiger partial charge on any atom is -0.361 e. The Labute approximate surface area is 217 Å². The molecule has 34 heavy (non-hydrogen) atoms. The minimum atomic E-state index is -1.15. The summed E-state index contributed by atoms with van der Waals surface area (Å²) in [6, 6.07) is 10.0. The molecule has 0 spiro atoms. The molecule has 5 heteroatoms. The second kappa shape index (κ2) is 21.6. The Morgan fingerprint density at radius 1 is 0.676 bits per heavy atom. The number of aliphatic hydroxyl groups excluding tert-OH is 2. The van der Waals surface area contributed by atoms with Crippen LogP contribution in [0, 0.1) is 0 Å². The highest BCUT2D eigenvalue weighted by atomic mass is 35.5. The Morgan fingerprint density at radius 2 is 1.09 bits per heavy atom. The van der Waals surface area contributed by atoms with Crippen molar-refractivity contribution in [1.29, 1.82) is 0 Å². The lowest BCUT2D eigenvalue weighted by Crippen LogP contribution is -2.54. The summed E-state index contributed by atoms with van der Waals surface area (Å²) in [7, 11) is 3.83. The number of benzene rings is 1. The smallest absolute Gasteiger partial charge is 0.242 e. The Kier molecular flexibility index (Phi) is 21.2. The van der Waals surface area contributed by atoms with Crippen molar-refractivity contribution < 1.29 is 19.4 Å². The van der Waals surface area contributed by atoms with Crippen LogP contribution in [0.15, 0.2) is 30.3 Å². The molecule has 2 atom stereocenters. The molecule has 0 aliphatic carbocycles. The van der Waals surface area contributed by atoms with Crippen molar-refractivity contribution in [2.24, 2.45) is 0 Å². The molecule has 2 unspecified atom stereocenters. The van der Waals surface area contributed by atoms with Gasteiger partial charge in [-0.05, 0) is 6.42 Å². The fourth-order valence-electron chi connectivity index (χ4n) is 4.43. The first-order chi connectivity index (χ1) is 16.0. The highest BCUT2D eigenvalue weighted by molar-refractivity contribution is 5.85. The van der Waals surface area contributed by atoms with Crippen LogP contribution in [0.2, 0.25) is 0 Å². The molecule has 0 heterocycles. The zero-order chi connectivity index (χ0) is 24.2. The third kappa shape index (κ3) is 16.9. The van der Waals surface area contributed by atoms with Gasteiger partial charge in [0.05, 0.1) is 20.7 Å². The summed E-state index contributed by atoms with van der Waals surface area (Å²) in [5.41, 5.74) is 1.13. The maximum atomic E-state index is 10.5. The lowest BCUT2D eigenvalue weighted by atomic mass is 10.0. The highest BCUT2D eigenvalue weighted by Crippen LogP contribution is 2.17. The van der Waals surface area contributed by atoms with Crippen molar-refractivity contribution in [1.82, 2.24) is 0 Å². The molecule has 0 saturated heterocycles. The van der Waals surface area contributed by atoms with Crippen molar-refractivity contribution >= 4 is 12.4 Å². The van der Waals surface area contributed by atoms with Gasteiger partial charge in [-0.2, -0.15) is 0 Å². The highest BCUT2D eigenvalue weighted by Gasteiger charge is 2.33. The molecule has 0 fully saturated rings. The van der Waals surface area contributed by atoms with E-state index in [0.29, 0.717) is 13.2 Å². The summed E-state index contributed by atoms with van der Waals surface area (Å²) < 4.78 is 5.80. The minimum absolute atomic E-state index is 0. The summed E-state index contributed by atoms with van der Waals surface area (Å²) in [6.45, 7) is 3.42. The van der Waals surface area contributed by atoms with Crippen LogP contribution in [0.3, 0.4) is 0 Å². The molecule has 0 aliphatic rings. The van der Waals surface area contributed by atoms with E-state index in [1.54, 1.807) is 0 Å². The molecule has 1 aromatic rings.